The van der Waals surface area contributed by atoms with E-state index in [1.807, 2.05) is 16.8 Å². The van der Waals surface area contributed by atoms with Crippen LogP contribution in [0.25, 0.3) is 16.9 Å². The minimum atomic E-state index is 0.420. The first-order valence-corrected chi connectivity index (χ1v) is 11.3. The lowest BCUT2D eigenvalue weighted by molar-refractivity contribution is 0.198. The molecule has 1 unspecified atom stereocenters. The van der Waals surface area contributed by atoms with E-state index in [1.54, 1.807) is 0 Å². The van der Waals surface area contributed by atoms with Gasteiger partial charge in [0.1, 0.15) is 5.65 Å². The van der Waals surface area contributed by atoms with Gasteiger partial charge in [-0.2, -0.15) is 0 Å². The smallest absolute Gasteiger partial charge is 0.150 e. The van der Waals surface area contributed by atoms with Crippen LogP contribution in [0.4, 0.5) is 5.82 Å². The van der Waals surface area contributed by atoms with E-state index < -0.39 is 0 Å². The zero-order valence-electron chi connectivity index (χ0n) is 19.3. The van der Waals surface area contributed by atoms with Crippen molar-refractivity contribution >= 4 is 11.5 Å². The van der Waals surface area contributed by atoms with Crippen LogP contribution in [0.5, 0.6) is 0 Å². The number of pyridine rings is 1. The van der Waals surface area contributed by atoms with E-state index in [0.29, 0.717) is 6.04 Å². The molecule has 0 spiro atoms. The molecule has 1 atom stereocenters. The summed E-state index contributed by atoms with van der Waals surface area (Å²) in [4.78, 5) is 19.4. The standard InChI is InChI=1S/C26H30N6/c1-18-16-24-27-10-11-32(24)17-23(18)25-19(2)28-20(3)26(29-25)31-14-12-30(13-15-31)21(4)22-8-6-5-7-9-22/h5-11,16-17,21H,12-15H2,1-4H3. The first-order valence-electron chi connectivity index (χ1n) is 11.3. The molecule has 0 bridgehead atoms. The van der Waals surface area contributed by atoms with Crippen molar-refractivity contribution in [1.82, 2.24) is 24.3 Å². The quantitative estimate of drug-likeness (QED) is 0.477. The van der Waals surface area contributed by atoms with Gasteiger partial charge in [-0.3, -0.25) is 9.88 Å². The Morgan fingerprint density at radius 3 is 2.41 bits per heavy atom. The summed E-state index contributed by atoms with van der Waals surface area (Å²) in [5, 5.41) is 0. The van der Waals surface area contributed by atoms with E-state index in [1.165, 1.54) is 5.56 Å². The number of piperazine rings is 1. The summed E-state index contributed by atoms with van der Waals surface area (Å²) in [6, 6.07) is 13.3. The summed E-state index contributed by atoms with van der Waals surface area (Å²) in [5.41, 5.74) is 7.52. The van der Waals surface area contributed by atoms with Crippen LogP contribution in [0.15, 0.2) is 55.0 Å². The highest BCUT2D eigenvalue weighted by molar-refractivity contribution is 5.69. The minimum Gasteiger partial charge on any atom is -0.353 e. The molecule has 32 heavy (non-hydrogen) atoms. The highest BCUT2D eigenvalue weighted by Crippen LogP contribution is 2.30. The van der Waals surface area contributed by atoms with Gasteiger partial charge in [0.15, 0.2) is 5.82 Å². The molecule has 1 saturated heterocycles. The van der Waals surface area contributed by atoms with Crippen LogP contribution in [0, 0.1) is 20.8 Å². The summed E-state index contributed by atoms with van der Waals surface area (Å²) >= 11 is 0. The van der Waals surface area contributed by atoms with Crippen molar-refractivity contribution in [3.8, 4) is 11.3 Å². The fourth-order valence-corrected chi connectivity index (χ4v) is 4.75. The van der Waals surface area contributed by atoms with Gasteiger partial charge in [0, 0.05) is 56.4 Å². The molecule has 0 N–H and O–H groups in total. The van der Waals surface area contributed by atoms with E-state index in [0.717, 1.165) is 65.9 Å². The number of aromatic nitrogens is 4. The van der Waals surface area contributed by atoms with E-state index in [4.69, 9.17) is 9.97 Å². The Bertz CT molecular complexity index is 1240. The molecule has 6 nitrogen and oxygen atoms in total. The molecule has 6 heteroatoms. The Labute approximate surface area is 189 Å². The molecular formula is C26H30N6. The van der Waals surface area contributed by atoms with Crippen LogP contribution in [-0.4, -0.2) is 50.4 Å². The van der Waals surface area contributed by atoms with Crippen molar-refractivity contribution in [2.75, 3.05) is 31.1 Å². The SMILES string of the molecule is Cc1cc2nccn2cc1-c1nc(N2CCN(C(C)c3ccccc3)CC2)c(C)nc1C. The first kappa shape index (κ1) is 20.6. The largest absolute Gasteiger partial charge is 0.353 e. The van der Waals surface area contributed by atoms with E-state index in [2.05, 4.69) is 85.1 Å². The molecule has 164 valence electrons. The molecule has 3 aromatic heterocycles. The molecule has 4 aromatic rings. The number of hydrogen-bond acceptors (Lipinski definition) is 5. The third kappa shape index (κ3) is 3.75. The lowest BCUT2D eigenvalue weighted by Crippen LogP contribution is -2.47. The van der Waals surface area contributed by atoms with Gasteiger partial charge in [0.05, 0.1) is 17.1 Å². The predicted molar refractivity (Wildman–Crippen MR) is 129 cm³/mol. The average molecular weight is 427 g/mol. The number of anilines is 1. The molecule has 1 aliphatic rings. The monoisotopic (exact) mass is 426 g/mol. The maximum absolute atomic E-state index is 5.16. The molecule has 5 rings (SSSR count). The molecule has 0 radical (unpaired) electrons. The van der Waals surface area contributed by atoms with Crippen LogP contribution < -0.4 is 4.90 Å². The Hall–Kier alpha value is -3.25. The van der Waals surface area contributed by atoms with E-state index in [-0.39, 0.29) is 0 Å². The zero-order valence-corrected chi connectivity index (χ0v) is 19.3. The molecular weight excluding hydrogens is 396 g/mol. The summed E-state index contributed by atoms with van der Waals surface area (Å²) < 4.78 is 2.05. The van der Waals surface area contributed by atoms with Gasteiger partial charge in [0.2, 0.25) is 0 Å². The highest BCUT2D eigenvalue weighted by Gasteiger charge is 2.25. The molecule has 4 heterocycles. The fraction of sp³-hybridized carbons (Fsp3) is 0.346. The number of rotatable bonds is 4. The lowest BCUT2D eigenvalue weighted by atomic mass is 10.1. The van der Waals surface area contributed by atoms with Gasteiger partial charge in [-0.25, -0.2) is 9.97 Å². The van der Waals surface area contributed by atoms with Crippen LogP contribution >= 0.6 is 0 Å². The topological polar surface area (TPSA) is 49.6 Å². The second-order valence-electron chi connectivity index (χ2n) is 8.74. The van der Waals surface area contributed by atoms with Crippen LogP contribution in [0.1, 0.15) is 35.5 Å². The van der Waals surface area contributed by atoms with Crippen molar-refractivity contribution in [3.05, 3.63) is 77.5 Å². The molecule has 0 saturated carbocycles. The fourth-order valence-electron chi connectivity index (χ4n) is 4.75. The number of imidazole rings is 1. The van der Waals surface area contributed by atoms with Gasteiger partial charge in [-0.1, -0.05) is 30.3 Å². The van der Waals surface area contributed by atoms with Crippen LogP contribution in [0.3, 0.4) is 0 Å². The Kier molecular flexibility index (Phi) is 5.39. The normalized spacial score (nSPS) is 15.9. The third-order valence-corrected chi connectivity index (χ3v) is 6.66. The van der Waals surface area contributed by atoms with Crippen molar-refractivity contribution in [2.24, 2.45) is 0 Å². The highest BCUT2D eigenvalue weighted by atomic mass is 15.3. The van der Waals surface area contributed by atoms with Crippen molar-refractivity contribution in [3.63, 3.8) is 0 Å². The maximum atomic E-state index is 5.16. The Balaban J connectivity index is 1.41. The first-order chi connectivity index (χ1) is 15.5. The Morgan fingerprint density at radius 1 is 0.906 bits per heavy atom. The number of aryl methyl sites for hydroxylation is 3. The van der Waals surface area contributed by atoms with Gasteiger partial charge in [0.25, 0.3) is 0 Å². The predicted octanol–water partition coefficient (Wildman–Crippen LogP) is 4.60. The lowest BCUT2D eigenvalue weighted by Gasteiger charge is -2.39. The molecule has 1 aromatic carbocycles. The summed E-state index contributed by atoms with van der Waals surface area (Å²) in [6.07, 6.45) is 5.92. The molecule has 1 aliphatic heterocycles. The van der Waals surface area contributed by atoms with Gasteiger partial charge < -0.3 is 9.30 Å². The van der Waals surface area contributed by atoms with Crippen LogP contribution in [-0.2, 0) is 0 Å². The van der Waals surface area contributed by atoms with Gasteiger partial charge in [-0.15, -0.1) is 0 Å². The van der Waals surface area contributed by atoms with Gasteiger partial charge in [-0.05, 0) is 44.9 Å². The Morgan fingerprint density at radius 2 is 1.66 bits per heavy atom. The average Bonchev–Trinajstić information content (AvgIpc) is 3.26. The number of nitrogens with zero attached hydrogens (tertiary/aromatic N) is 6. The van der Waals surface area contributed by atoms with Crippen molar-refractivity contribution < 1.29 is 0 Å². The van der Waals surface area contributed by atoms with Gasteiger partial charge >= 0.3 is 0 Å². The number of benzene rings is 1. The summed E-state index contributed by atoms with van der Waals surface area (Å²) in [7, 11) is 0. The zero-order chi connectivity index (χ0) is 22.2. The van der Waals surface area contributed by atoms with Crippen molar-refractivity contribution in [1.29, 1.82) is 0 Å². The molecule has 1 fully saturated rings. The molecule has 0 aliphatic carbocycles. The second kappa shape index (κ2) is 8.36. The second-order valence-corrected chi connectivity index (χ2v) is 8.74. The third-order valence-electron chi connectivity index (χ3n) is 6.66. The van der Waals surface area contributed by atoms with Crippen molar-refractivity contribution in [2.45, 2.75) is 33.7 Å². The molecule has 0 amide bonds. The summed E-state index contributed by atoms with van der Waals surface area (Å²) in [5.74, 6) is 1.00. The van der Waals surface area contributed by atoms with Crippen LogP contribution in [0.2, 0.25) is 0 Å². The number of hydrogen-bond donors (Lipinski definition) is 0. The summed E-state index contributed by atoms with van der Waals surface area (Å²) in [6.45, 7) is 12.5. The maximum Gasteiger partial charge on any atom is 0.150 e. The minimum absolute atomic E-state index is 0.420. The number of fused-ring (bicyclic) bond motifs is 1. The van der Waals surface area contributed by atoms with E-state index in [9.17, 15) is 0 Å². The van der Waals surface area contributed by atoms with E-state index >= 15 is 0 Å².